The maximum atomic E-state index is 12.6. The Morgan fingerprint density at radius 3 is 2.82 bits per heavy atom. The van der Waals surface area contributed by atoms with Crippen molar-refractivity contribution in [2.75, 3.05) is 18.0 Å². The van der Waals surface area contributed by atoms with Gasteiger partial charge in [0.15, 0.2) is 5.13 Å². The Labute approximate surface area is 173 Å². The number of hydrogen-bond donors (Lipinski definition) is 3. The molecule has 2 aromatic heterocycles. The minimum atomic E-state index is -1.05. The molecule has 3 rings (SSSR count). The number of carboxylic acids is 1. The summed E-state index contributed by atoms with van der Waals surface area (Å²) < 4.78 is 0. The number of aryl methyl sites for hydroxylation is 1. The molecule has 1 amide bonds. The van der Waals surface area contributed by atoms with Crippen LogP contribution in [0.5, 0.6) is 0 Å². The molecule has 1 saturated heterocycles. The molecule has 1 aliphatic heterocycles. The third kappa shape index (κ3) is 4.02. The molecule has 0 bridgehead atoms. The van der Waals surface area contributed by atoms with Crippen LogP contribution in [0, 0.1) is 6.92 Å². The number of thiazole rings is 1. The number of H-pyrrole nitrogens is 1. The molecule has 3 heterocycles. The number of aromatic nitrogens is 2. The summed E-state index contributed by atoms with van der Waals surface area (Å²) in [5.41, 5.74) is 9.63. The number of carbonyl (C=O) groups is 2. The molecule has 0 spiro atoms. The lowest BCUT2D eigenvalue weighted by atomic mass is 10.00. The average molecular weight is 444 g/mol. The number of azide groups is 1. The van der Waals surface area contributed by atoms with Gasteiger partial charge in [-0.25, -0.2) is 9.78 Å². The first-order valence-electron chi connectivity index (χ1n) is 8.14. The topological polar surface area (TPSA) is 147 Å². The molecule has 3 N–H and O–H groups in total. The Hall–Kier alpha value is -2.46. The molecule has 2 unspecified atom stereocenters. The van der Waals surface area contributed by atoms with Gasteiger partial charge in [0.1, 0.15) is 10.6 Å². The van der Waals surface area contributed by atoms with Crippen molar-refractivity contribution in [1.82, 2.24) is 15.3 Å². The molecule has 2 aromatic rings. The van der Waals surface area contributed by atoms with Crippen LogP contribution in [0.25, 0.3) is 10.4 Å². The summed E-state index contributed by atoms with van der Waals surface area (Å²) in [7, 11) is 0. The van der Waals surface area contributed by atoms with Crippen molar-refractivity contribution in [2.45, 2.75) is 25.4 Å². The van der Waals surface area contributed by atoms with Gasteiger partial charge in [0, 0.05) is 29.7 Å². The van der Waals surface area contributed by atoms with Crippen LogP contribution in [0.2, 0.25) is 10.0 Å². The zero-order valence-corrected chi connectivity index (χ0v) is 16.8. The summed E-state index contributed by atoms with van der Waals surface area (Å²) in [5, 5.41) is 16.6. The second kappa shape index (κ2) is 8.27. The molecule has 0 saturated carbocycles. The SMILES string of the molecule is Cc1[nH]c(C(=O)NC2CCN(c3ncc(C(=O)O)s3)CC2N=[N+]=[N-])c(Cl)c1Cl. The largest absolute Gasteiger partial charge is 0.477 e. The van der Waals surface area contributed by atoms with E-state index in [4.69, 9.17) is 33.8 Å². The van der Waals surface area contributed by atoms with Crippen molar-refractivity contribution in [2.24, 2.45) is 5.11 Å². The number of rotatable bonds is 5. The van der Waals surface area contributed by atoms with Gasteiger partial charge in [0.25, 0.3) is 5.91 Å². The monoisotopic (exact) mass is 443 g/mol. The van der Waals surface area contributed by atoms with Crippen LogP contribution in [0.15, 0.2) is 11.3 Å². The minimum Gasteiger partial charge on any atom is -0.477 e. The number of carboxylic acid groups (broad SMARTS) is 1. The van der Waals surface area contributed by atoms with E-state index in [1.54, 1.807) is 6.92 Å². The van der Waals surface area contributed by atoms with E-state index in [-0.39, 0.29) is 20.6 Å². The summed E-state index contributed by atoms with van der Waals surface area (Å²) in [6, 6.07) is -0.984. The molecular formula is C15H15Cl2N7O3S. The highest BCUT2D eigenvalue weighted by Gasteiger charge is 2.32. The predicted octanol–water partition coefficient (Wildman–Crippen LogP) is 3.47. The summed E-state index contributed by atoms with van der Waals surface area (Å²) in [6.45, 7) is 2.50. The van der Waals surface area contributed by atoms with Gasteiger partial charge in [-0.15, -0.1) is 0 Å². The second-order valence-corrected chi connectivity index (χ2v) is 7.92. The second-order valence-electron chi connectivity index (χ2n) is 6.15. The van der Waals surface area contributed by atoms with Gasteiger partial charge in [0.05, 0.1) is 22.3 Å². The van der Waals surface area contributed by atoms with E-state index in [2.05, 4.69) is 25.3 Å². The third-order valence-corrected chi connectivity index (χ3v) is 6.35. The van der Waals surface area contributed by atoms with Crippen molar-refractivity contribution in [3.8, 4) is 0 Å². The van der Waals surface area contributed by atoms with Gasteiger partial charge in [-0.05, 0) is 18.9 Å². The summed E-state index contributed by atoms with van der Waals surface area (Å²) in [5.74, 6) is -1.49. The van der Waals surface area contributed by atoms with E-state index in [0.29, 0.717) is 30.3 Å². The smallest absolute Gasteiger partial charge is 0.347 e. The van der Waals surface area contributed by atoms with Crippen LogP contribution in [-0.4, -0.2) is 52.1 Å². The van der Waals surface area contributed by atoms with E-state index in [9.17, 15) is 9.59 Å². The molecule has 10 nitrogen and oxygen atoms in total. The van der Waals surface area contributed by atoms with E-state index < -0.39 is 24.0 Å². The van der Waals surface area contributed by atoms with Crippen molar-refractivity contribution < 1.29 is 14.7 Å². The van der Waals surface area contributed by atoms with Gasteiger partial charge in [-0.3, -0.25) is 4.79 Å². The highest BCUT2D eigenvalue weighted by molar-refractivity contribution is 7.17. The number of aromatic carboxylic acids is 1. The Kier molecular flexibility index (Phi) is 5.99. The fraction of sp³-hybridized carbons (Fsp3) is 0.400. The Morgan fingerprint density at radius 1 is 1.50 bits per heavy atom. The highest BCUT2D eigenvalue weighted by atomic mass is 35.5. The lowest BCUT2D eigenvalue weighted by Crippen LogP contribution is -2.53. The number of amides is 1. The fourth-order valence-electron chi connectivity index (χ4n) is 2.94. The summed E-state index contributed by atoms with van der Waals surface area (Å²) in [6.07, 6.45) is 1.76. The molecule has 2 atom stereocenters. The Balaban J connectivity index is 1.74. The first-order chi connectivity index (χ1) is 13.3. The van der Waals surface area contributed by atoms with Crippen LogP contribution in [-0.2, 0) is 0 Å². The average Bonchev–Trinajstić information content (AvgIpc) is 3.25. The molecule has 0 aliphatic carbocycles. The molecular weight excluding hydrogens is 429 g/mol. The number of carbonyl (C=O) groups excluding carboxylic acids is 1. The van der Waals surface area contributed by atoms with Gasteiger partial charge >= 0.3 is 5.97 Å². The molecule has 1 fully saturated rings. The molecule has 13 heteroatoms. The first kappa shape index (κ1) is 20.3. The van der Waals surface area contributed by atoms with Crippen molar-refractivity contribution in [3.05, 3.63) is 42.9 Å². The van der Waals surface area contributed by atoms with Gasteiger partial charge in [-0.1, -0.05) is 39.7 Å². The quantitative estimate of drug-likeness (QED) is 0.367. The van der Waals surface area contributed by atoms with E-state index in [1.807, 2.05) is 4.90 Å². The first-order valence-corrected chi connectivity index (χ1v) is 9.71. The minimum absolute atomic E-state index is 0.124. The maximum Gasteiger partial charge on any atom is 0.347 e. The Bertz CT molecular complexity index is 969. The normalized spacial score (nSPS) is 19.2. The van der Waals surface area contributed by atoms with Crippen molar-refractivity contribution >= 4 is 51.5 Å². The molecule has 1 aliphatic rings. The number of nitrogens with zero attached hydrogens (tertiary/aromatic N) is 5. The van der Waals surface area contributed by atoms with E-state index in [0.717, 1.165) is 11.3 Å². The zero-order chi connectivity index (χ0) is 20.4. The Morgan fingerprint density at radius 2 is 2.25 bits per heavy atom. The number of anilines is 1. The predicted molar refractivity (Wildman–Crippen MR) is 106 cm³/mol. The summed E-state index contributed by atoms with van der Waals surface area (Å²) >= 11 is 13.1. The van der Waals surface area contributed by atoms with Gasteiger partial charge in [-0.2, -0.15) is 0 Å². The van der Waals surface area contributed by atoms with E-state index in [1.165, 1.54) is 6.20 Å². The highest BCUT2D eigenvalue weighted by Crippen LogP contribution is 2.30. The number of hydrogen-bond acceptors (Lipinski definition) is 6. The fourth-order valence-corrected chi connectivity index (χ4v) is 4.14. The lowest BCUT2D eigenvalue weighted by molar-refractivity contribution is 0.0701. The van der Waals surface area contributed by atoms with Crippen molar-refractivity contribution in [3.63, 3.8) is 0 Å². The maximum absolute atomic E-state index is 12.6. The van der Waals surface area contributed by atoms with Crippen LogP contribution in [0.4, 0.5) is 5.13 Å². The number of aromatic amines is 1. The van der Waals surface area contributed by atoms with Crippen LogP contribution >= 0.6 is 34.5 Å². The van der Waals surface area contributed by atoms with Crippen LogP contribution < -0.4 is 10.2 Å². The number of piperidine rings is 1. The standard InChI is InChI=1S/C15H15Cl2N7O3S/c1-6-10(16)11(17)12(20-6)13(25)21-7-2-3-24(5-8(7)22-23-18)15-19-4-9(28-15)14(26)27/h4,7-8,20H,2-3,5H2,1H3,(H,21,25)(H,26,27). The molecule has 28 heavy (non-hydrogen) atoms. The van der Waals surface area contributed by atoms with E-state index >= 15 is 0 Å². The zero-order valence-electron chi connectivity index (χ0n) is 14.5. The lowest BCUT2D eigenvalue weighted by Gasteiger charge is -2.36. The van der Waals surface area contributed by atoms with Crippen molar-refractivity contribution in [1.29, 1.82) is 0 Å². The number of halogens is 2. The van der Waals surface area contributed by atoms with Gasteiger partial charge in [0.2, 0.25) is 0 Å². The molecule has 0 aromatic carbocycles. The molecule has 0 radical (unpaired) electrons. The third-order valence-electron chi connectivity index (χ3n) is 4.35. The summed E-state index contributed by atoms with van der Waals surface area (Å²) in [4.78, 5) is 35.4. The van der Waals surface area contributed by atoms with Gasteiger partial charge < -0.3 is 20.3 Å². The molecule has 148 valence electrons. The van der Waals surface area contributed by atoms with Crippen LogP contribution in [0.1, 0.15) is 32.3 Å². The van der Waals surface area contributed by atoms with Crippen LogP contribution in [0.3, 0.4) is 0 Å². The number of nitrogens with one attached hydrogen (secondary N) is 2.